The van der Waals surface area contributed by atoms with E-state index in [2.05, 4.69) is 15.5 Å². The summed E-state index contributed by atoms with van der Waals surface area (Å²) in [7, 11) is 1.76. The summed E-state index contributed by atoms with van der Waals surface area (Å²) in [6, 6.07) is 4.46. The van der Waals surface area contributed by atoms with Crippen LogP contribution in [0, 0.1) is 10.1 Å². The summed E-state index contributed by atoms with van der Waals surface area (Å²) < 4.78 is 10.6. The molecule has 1 aromatic heterocycles. The van der Waals surface area contributed by atoms with E-state index in [0.717, 1.165) is 0 Å². The first-order valence-corrected chi connectivity index (χ1v) is 6.50. The van der Waals surface area contributed by atoms with Gasteiger partial charge in [-0.15, -0.1) is 0 Å². The van der Waals surface area contributed by atoms with Gasteiger partial charge in [-0.3, -0.25) is 10.1 Å². The Bertz CT molecular complexity index is 626. The number of nitro groups is 1. The average molecular weight is 292 g/mol. The van der Waals surface area contributed by atoms with Crippen LogP contribution in [0.4, 0.5) is 5.69 Å². The fourth-order valence-corrected chi connectivity index (χ4v) is 1.78. The van der Waals surface area contributed by atoms with E-state index >= 15 is 0 Å². The summed E-state index contributed by atoms with van der Waals surface area (Å²) in [6.45, 7) is 2.51. The van der Waals surface area contributed by atoms with Crippen LogP contribution in [0.1, 0.15) is 24.2 Å². The molecule has 1 heterocycles. The number of aromatic nitrogens is 2. The second kappa shape index (κ2) is 6.80. The molecule has 0 saturated carbocycles. The van der Waals surface area contributed by atoms with Crippen molar-refractivity contribution in [1.29, 1.82) is 0 Å². The van der Waals surface area contributed by atoms with Crippen LogP contribution in [-0.4, -0.2) is 22.1 Å². The van der Waals surface area contributed by atoms with Crippen LogP contribution in [-0.2, 0) is 19.6 Å². The smallest absolute Gasteiger partial charge is 0.270 e. The van der Waals surface area contributed by atoms with Gasteiger partial charge in [0.05, 0.1) is 4.92 Å². The Morgan fingerprint density at radius 3 is 2.90 bits per heavy atom. The number of ether oxygens (including phenoxy) is 1. The molecule has 0 aliphatic rings. The van der Waals surface area contributed by atoms with Crippen LogP contribution < -0.4 is 10.1 Å². The molecule has 0 unspecified atom stereocenters. The molecule has 0 spiro atoms. The van der Waals surface area contributed by atoms with Gasteiger partial charge in [-0.05, 0) is 13.1 Å². The van der Waals surface area contributed by atoms with Gasteiger partial charge >= 0.3 is 0 Å². The number of nitro benzene ring substituents is 1. The molecule has 0 amide bonds. The lowest BCUT2D eigenvalue weighted by atomic mass is 10.2. The number of non-ortho nitro benzene ring substituents is 1. The molecular formula is C13H16N4O4. The van der Waals surface area contributed by atoms with Gasteiger partial charge in [0.2, 0.25) is 0 Å². The third kappa shape index (κ3) is 3.76. The number of benzene rings is 1. The molecule has 0 fully saturated rings. The largest absolute Gasteiger partial charge is 0.483 e. The standard InChI is InChI=1S/C13H16N4O4/c1-3-12-15-13(21-16-12)8-20-11-5-4-10(17(18)19)6-9(11)7-14-2/h4-6,14H,3,7-8H2,1-2H3. The first-order valence-electron chi connectivity index (χ1n) is 6.50. The normalized spacial score (nSPS) is 10.6. The fraction of sp³-hybridized carbons (Fsp3) is 0.385. The molecule has 2 rings (SSSR count). The Kier molecular flexibility index (Phi) is 4.83. The van der Waals surface area contributed by atoms with Crippen LogP contribution >= 0.6 is 0 Å². The van der Waals surface area contributed by atoms with Crippen molar-refractivity contribution in [1.82, 2.24) is 15.5 Å². The number of nitrogens with zero attached hydrogens (tertiary/aromatic N) is 3. The third-order valence-electron chi connectivity index (χ3n) is 2.80. The molecule has 0 aliphatic heterocycles. The average Bonchev–Trinajstić information content (AvgIpc) is 2.94. The predicted molar refractivity (Wildman–Crippen MR) is 73.9 cm³/mol. The first-order chi connectivity index (χ1) is 10.1. The number of nitrogens with one attached hydrogen (secondary N) is 1. The van der Waals surface area contributed by atoms with Crippen molar-refractivity contribution in [3.63, 3.8) is 0 Å². The molecular weight excluding hydrogens is 276 g/mol. The van der Waals surface area contributed by atoms with Crippen LogP contribution in [0.15, 0.2) is 22.7 Å². The number of aryl methyl sites for hydroxylation is 1. The zero-order chi connectivity index (χ0) is 15.2. The molecule has 21 heavy (non-hydrogen) atoms. The second-order valence-electron chi connectivity index (χ2n) is 4.33. The lowest BCUT2D eigenvalue weighted by Gasteiger charge is -2.09. The van der Waals surface area contributed by atoms with Crippen molar-refractivity contribution in [3.8, 4) is 5.75 Å². The third-order valence-corrected chi connectivity index (χ3v) is 2.80. The highest BCUT2D eigenvalue weighted by Crippen LogP contribution is 2.24. The Balaban J connectivity index is 2.12. The van der Waals surface area contributed by atoms with Crippen LogP contribution in [0.5, 0.6) is 5.75 Å². The Hall–Kier alpha value is -2.48. The predicted octanol–water partition coefficient (Wildman–Crippen LogP) is 1.84. The van der Waals surface area contributed by atoms with Crippen molar-refractivity contribution in [2.24, 2.45) is 0 Å². The Labute approximate surface area is 121 Å². The van der Waals surface area contributed by atoms with E-state index in [1.165, 1.54) is 12.1 Å². The molecule has 0 aliphatic carbocycles. The van der Waals surface area contributed by atoms with E-state index in [4.69, 9.17) is 9.26 Å². The van der Waals surface area contributed by atoms with Gasteiger partial charge in [-0.2, -0.15) is 4.98 Å². The minimum atomic E-state index is -0.436. The van der Waals surface area contributed by atoms with E-state index in [-0.39, 0.29) is 12.3 Å². The van der Waals surface area contributed by atoms with Gasteiger partial charge < -0.3 is 14.6 Å². The summed E-state index contributed by atoms with van der Waals surface area (Å²) in [5.41, 5.74) is 0.723. The van der Waals surface area contributed by atoms with E-state index in [0.29, 0.717) is 36.0 Å². The molecule has 0 bridgehead atoms. The summed E-state index contributed by atoms with van der Waals surface area (Å²) in [6.07, 6.45) is 0.687. The topological polar surface area (TPSA) is 103 Å². The molecule has 2 aromatic rings. The van der Waals surface area contributed by atoms with Crippen molar-refractivity contribution < 1.29 is 14.2 Å². The number of rotatable bonds is 7. The maximum atomic E-state index is 10.8. The van der Waals surface area contributed by atoms with E-state index in [1.54, 1.807) is 13.1 Å². The molecule has 112 valence electrons. The van der Waals surface area contributed by atoms with Gasteiger partial charge in [0, 0.05) is 30.7 Å². The van der Waals surface area contributed by atoms with Crippen molar-refractivity contribution >= 4 is 5.69 Å². The van der Waals surface area contributed by atoms with Gasteiger partial charge in [0.1, 0.15) is 5.75 Å². The van der Waals surface area contributed by atoms with E-state index < -0.39 is 4.92 Å². The molecule has 8 nitrogen and oxygen atoms in total. The maximum absolute atomic E-state index is 10.8. The van der Waals surface area contributed by atoms with Gasteiger partial charge in [-0.25, -0.2) is 0 Å². The molecule has 8 heteroatoms. The van der Waals surface area contributed by atoms with Crippen molar-refractivity contribution in [2.75, 3.05) is 7.05 Å². The van der Waals surface area contributed by atoms with Crippen molar-refractivity contribution in [3.05, 3.63) is 45.6 Å². The zero-order valence-electron chi connectivity index (χ0n) is 11.8. The van der Waals surface area contributed by atoms with Gasteiger partial charge in [0.15, 0.2) is 12.4 Å². The van der Waals surface area contributed by atoms with Crippen LogP contribution in [0.25, 0.3) is 0 Å². The highest BCUT2D eigenvalue weighted by atomic mass is 16.6. The molecule has 1 aromatic carbocycles. The highest BCUT2D eigenvalue weighted by Gasteiger charge is 2.13. The maximum Gasteiger partial charge on any atom is 0.270 e. The van der Waals surface area contributed by atoms with E-state index in [9.17, 15) is 10.1 Å². The lowest BCUT2D eigenvalue weighted by Crippen LogP contribution is -2.08. The number of hydrogen-bond donors (Lipinski definition) is 1. The van der Waals surface area contributed by atoms with Gasteiger partial charge in [-0.1, -0.05) is 12.1 Å². The van der Waals surface area contributed by atoms with Crippen LogP contribution in [0.3, 0.4) is 0 Å². The SMILES string of the molecule is CCc1noc(COc2ccc([N+](=O)[O-])cc2CNC)n1. The highest BCUT2D eigenvalue weighted by molar-refractivity contribution is 5.43. The summed E-state index contributed by atoms with van der Waals surface area (Å²) >= 11 is 0. The molecule has 0 saturated heterocycles. The molecule has 1 N–H and O–H groups in total. The lowest BCUT2D eigenvalue weighted by molar-refractivity contribution is -0.384. The summed E-state index contributed by atoms with van der Waals surface area (Å²) in [5.74, 6) is 1.54. The second-order valence-corrected chi connectivity index (χ2v) is 4.33. The minimum absolute atomic E-state index is 0.0265. The minimum Gasteiger partial charge on any atom is -0.483 e. The summed E-state index contributed by atoms with van der Waals surface area (Å²) in [5, 5.41) is 17.5. The monoisotopic (exact) mass is 292 g/mol. The molecule has 0 radical (unpaired) electrons. The Morgan fingerprint density at radius 1 is 1.48 bits per heavy atom. The quantitative estimate of drug-likeness (QED) is 0.613. The Morgan fingerprint density at radius 2 is 2.29 bits per heavy atom. The van der Waals surface area contributed by atoms with Crippen molar-refractivity contribution in [2.45, 2.75) is 26.5 Å². The number of hydrogen-bond acceptors (Lipinski definition) is 7. The first kappa shape index (κ1) is 14.9. The fourth-order valence-electron chi connectivity index (χ4n) is 1.78. The zero-order valence-corrected chi connectivity index (χ0v) is 11.8. The van der Waals surface area contributed by atoms with Crippen LogP contribution in [0.2, 0.25) is 0 Å². The molecule has 0 atom stereocenters. The van der Waals surface area contributed by atoms with Gasteiger partial charge in [0.25, 0.3) is 11.6 Å². The summed E-state index contributed by atoms with van der Waals surface area (Å²) in [4.78, 5) is 14.5. The van der Waals surface area contributed by atoms with E-state index in [1.807, 2.05) is 6.92 Å².